The second-order valence-corrected chi connectivity index (χ2v) is 3.99. The van der Waals surface area contributed by atoms with Gasteiger partial charge in [0, 0.05) is 0 Å². The van der Waals surface area contributed by atoms with E-state index in [-0.39, 0.29) is 25.5 Å². The Balaban J connectivity index is 2.38. The summed E-state index contributed by atoms with van der Waals surface area (Å²) in [5.74, 6) is -0.605. The first-order valence-electron chi connectivity index (χ1n) is 5.68. The lowest BCUT2D eigenvalue weighted by Crippen LogP contribution is -2.30. The first kappa shape index (κ1) is 14.0. The molecular formula is C13H17NO4. The molecule has 0 atom stereocenters. The Bertz CT molecular complexity index is 422. The maximum Gasteiger partial charge on any atom is 0.322 e. The molecule has 0 unspecified atom stereocenters. The number of carbonyl (C=O) groups is 2. The number of aliphatic carboxylic acids is 1. The van der Waals surface area contributed by atoms with E-state index in [0.29, 0.717) is 0 Å². The van der Waals surface area contributed by atoms with Crippen molar-refractivity contribution in [3.05, 3.63) is 29.3 Å². The number of para-hydroxylation sites is 1. The number of carbonyl (C=O) groups excluding carboxylic acids is 1. The van der Waals surface area contributed by atoms with Crippen molar-refractivity contribution in [1.29, 1.82) is 0 Å². The fraction of sp³-hybridized carbons (Fsp3) is 0.385. The molecule has 1 aromatic carbocycles. The van der Waals surface area contributed by atoms with Crippen molar-refractivity contribution >= 4 is 11.9 Å². The fourth-order valence-electron chi connectivity index (χ4n) is 1.54. The first-order valence-corrected chi connectivity index (χ1v) is 5.68. The van der Waals surface area contributed by atoms with Crippen LogP contribution in [0.5, 0.6) is 5.75 Å². The number of carboxylic acid groups (broad SMARTS) is 1. The molecule has 0 heterocycles. The molecule has 0 spiro atoms. The Morgan fingerprint density at radius 1 is 1.28 bits per heavy atom. The third-order valence-corrected chi connectivity index (χ3v) is 2.42. The van der Waals surface area contributed by atoms with Crippen LogP contribution in [0.1, 0.15) is 17.5 Å². The van der Waals surface area contributed by atoms with E-state index in [2.05, 4.69) is 5.32 Å². The molecule has 0 radical (unpaired) electrons. The molecule has 98 valence electrons. The topological polar surface area (TPSA) is 75.6 Å². The van der Waals surface area contributed by atoms with Crippen LogP contribution in [0.2, 0.25) is 0 Å². The zero-order chi connectivity index (χ0) is 13.5. The minimum absolute atomic E-state index is 0.140. The van der Waals surface area contributed by atoms with Gasteiger partial charge in [-0.15, -0.1) is 0 Å². The maximum atomic E-state index is 11.3. The molecule has 0 aliphatic heterocycles. The number of carboxylic acids is 1. The number of hydrogen-bond acceptors (Lipinski definition) is 3. The number of amides is 1. The van der Waals surface area contributed by atoms with E-state index in [1.807, 2.05) is 32.0 Å². The van der Waals surface area contributed by atoms with E-state index < -0.39 is 5.97 Å². The third kappa shape index (κ3) is 4.45. The summed E-state index contributed by atoms with van der Waals surface area (Å²) in [5, 5.41) is 10.7. The summed E-state index contributed by atoms with van der Waals surface area (Å²) in [6, 6.07) is 5.82. The predicted molar refractivity (Wildman–Crippen MR) is 66.7 cm³/mol. The van der Waals surface area contributed by atoms with E-state index in [4.69, 9.17) is 9.84 Å². The van der Waals surface area contributed by atoms with Crippen LogP contribution in [0.4, 0.5) is 0 Å². The quantitative estimate of drug-likeness (QED) is 0.798. The maximum absolute atomic E-state index is 11.3. The average Bonchev–Trinajstić information content (AvgIpc) is 2.30. The standard InChI is InChI=1S/C13H17NO4/c1-9-4-3-5-10(2)13(9)18-7-6-11(15)14-8-12(16)17/h3-5H,6-8H2,1-2H3,(H,14,15)(H,16,17). The van der Waals surface area contributed by atoms with Crippen LogP contribution in [0, 0.1) is 13.8 Å². The highest BCUT2D eigenvalue weighted by Crippen LogP contribution is 2.22. The van der Waals surface area contributed by atoms with Gasteiger partial charge in [-0.1, -0.05) is 18.2 Å². The van der Waals surface area contributed by atoms with Gasteiger partial charge in [0.2, 0.25) is 5.91 Å². The Morgan fingerprint density at radius 3 is 2.44 bits per heavy atom. The van der Waals surface area contributed by atoms with Gasteiger partial charge in [-0.2, -0.15) is 0 Å². The summed E-state index contributed by atoms with van der Waals surface area (Å²) in [4.78, 5) is 21.5. The third-order valence-electron chi connectivity index (χ3n) is 2.42. The number of aryl methyl sites for hydroxylation is 2. The van der Waals surface area contributed by atoms with Crippen LogP contribution in [0.3, 0.4) is 0 Å². The van der Waals surface area contributed by atoms with Crippen molar-refractivity contribution in [2.75, 3.05) is 13.2 Å². The zero-order valence-corrected chi connectivity index (χ0v) is 10.5. The van der Waals surface area contributed by atoms with Gasteiger partial charge in [-0.05, 0) is 25.0 Å². The second kappa shape index (κ2) is 6.64. The summed E-state index contributed by atoms with van der Waals surface area (Å²) >= 11 is 0. The first-order chi connectivity index (χ1) is 8.50. The van der Waals surface area contributed by atoms with E-state index >= 15 is 0 Å². The van der Waals surface area contributed by atoms with Crippen LogP contribution in [0.25, 0.3) is 0 Å². The summed E-state index contributed by atoms with van der Waals surface area (Å²) in [7, 11) is 0. The molecule has 2 N–H and O–H groups in total. The van der Waals surface area contributed by atoms with Crippen LogP contribution >= 0.6 is 0 Å². The van der Waals surface area contributed by atoms with Crippen molar-refractivity contribution in [1.82, 2.24) is 5.32 Å². The zero-order valence-electron chi connectivity index (χ0n) is 10.5. The van der Waals surface area contributed by atoms with Gasteiger partial charge >= 0.3 is 5.97 Å². The van der Waals surface area contributed by atoms with E-state index in [1.54, 1.807) is 0 Å². The van der Waals surface area contributed by atoms with Crippen LogP contribution in [-0.4, -0.2) is 30.1 Å². The Kier molecular flexibility index (Phi) is 5.17. The molecule has 0 bridgehead atoms. The molecule has 1 rings (SSSR count). The molecule has 0 aliphatic rings. The van der Waals surface area contributed by atoms with Crippen molar-refractivity contribution in [2.24, 2.45) is 0 Å². The van der Waals surface area contributed by atoms with Gasteiger partial charge in [0.05, 0.1) is 13.0 Å². The monoisotopic (exact) mass is 251 g/mol. The number of nitrogens with one attached hydrogen (secondary N) is 1. The predicted octanol–water partition coefficient (Wildman–Crippen LogP) is 1.27. The molecular weight excluding hydrogens is 234 g/mol. The van der Waals surface area contributed by atoms with Crippen molar-refractivity contribution in [2.45, 2.75) is 20.3 Å². The van der Waals surface area contributed by atoms with E-state index in [9.17, 15) is 9.59 Å². The molecule has 1 amide bonds. The highest BCUT2D eigenvalue weighted by molar-refractivity contribution is 5.81. The average molecular weight is 251 g/mol. The Labute approximate surface area is 106 Å². The molecule has 0 aliphatic carbocycles. The lowest BCUT2D eigenvalue weighted by molar-refractivity contribution is -0.138. The van der Waals surface area contributed by atoms with Gasteiger partial charge in [0.25, 0.3) is 0 Å². The summed E-state index contributed by atoms with van der Waals surface area (Å²) in [6.07, 6.45) is 0.140. The Hall–Kier alpha value is -2.04. The number of hydrogen-bond donors (Lipinski definition) is 2. The SMILES string of the molecule is Cc1cccc(C)c1OCCC(=O)NCC(=O)O. The summed E-state index contributed by atoms with van der Waals surface area (Å²) < 4.78 is 5.54. The molecule has 5 heteroatoms. The van der Waals surface area contributed by atoms with Crippen LogP contribution in [-0.2, 0) is 9.59 Å². The fourth-order valence-corrected chi connectivity index (χ4v) is 1.54. The molecule has 18 heavy (non-hydrogen) atoms. The van der Waals surface area contributed by atoms with Crippen LogP contribution < -0.4 is 10.1 Å². The van der Waals surface area contributed by atoms with Crippen LogP contribution in [0.15, 0.2) is 18.2 Å². The molecule has 0 aromatic heterocycles. The Morgan fingerprint density at radius 2 is 1.89 bits per heavy atom. The van der Waals surface area contributed by atoms with Gasteiger partial charge < -0.3 is 15.2 Å². The minimum atomic E-state index is -1.06. The summed E-state index contributed by atoms with van der Waals surface area (Å²) in [6.45, 7) is 3.75. The lowest BCUT2D eigenvalue weighted by Gasteiger charge is -2.11. The molecule has 0 fully saturated rings. The van der Waals surface area contributed by atoms with Gasteiger partial charge in [0.1, 0.15) is 12.3 Å². The number of benzene rings is 1. The highest BCUT2D eigenvalue weighted by atomic mass is 16.5. The van der Waals surface area contributed by atoms with Crippen molar-refractivity contribution < 1.29 is 19.4 Å². The largest absolute Gasteiger partial charge is 0.493 e. The smallest absolute Gasteiger partial charge is 0.322 e. The summed E-state index contributed by atoms with van der Waals surface area (Å²) in [5.41, 5.74) is 2.03. The van der Waals surface area contributed by atoms with Crippen molar-refractivity contribution in [3.8, 4) is 5.75 Å². The van der Waals surface area contributed by atoms with E-state index in [0.717, 1.165) is 16.9 Å². The minimum Gasteiger partial charge on any atom is -0.493 e. The lowest BCUT2D eigenvalue weighted by atomic mass is 10.1. The molecule has 0 saturated carbocycles. The molecule has 0 saturated heterocycles. The molecule has 5 nitrogen and oxygen atoms in total. The second-order valence-electron chi connectivity index (χ2n) is 3.99. The van der Waals surface area contributed by atoms with Crippen molar-refractivity contribution in [3.63, 3.8) is 0 Å². The number of ether oxygens (including phenoxy) is 1. The van der Waals surface area contributed by atoms with Gasteiger partial charge in [-0.25, -0.2) is 0 Å². The highest BCUT2D eigenvalue weighted by Gasteiger charge is 2.06. The van der Waals surface area contributed by atoms with E-state index in [1.165, 1.54) is 0 Å². The normalized spacial score (nSPS) is 9.89. The van der Waals surface area contributed by atoms with Gasteiger partial charge in [0.15, 0.2) is 0 Å². The van der Waals surface area contributed by atoms with Gasteiger partial charge in [-0.3, -0.25) is 9.59 Å². The number of rotatable bonds is 6. The molecule has 1 aromatic rings.